The fraction of sp³-hybridized carbons (Fsp3) is 0.389. The van der Waals surface area contributed by atoms with Gasteiger partial charge >= 0.3 is 6.03 Å². The van der Waals surface area contributed by atoms with Crippen LogP contribution in [0.15, 0.2) is 36.7 Å². The van der Waals surface area contributed by atoms with Crippen LogP contribution in [0.4, 0.5) is 16.3 Å². The van der Waals surface area contributed by atoms with Crippen LogP contribution in [0.25, 0.3) is 11.3 Å². The molecule has 4 rings (SSSR count). The number of nitrogen functional groups attached to an aromatic ring is 1. The van der Waals surface area contributed by atoms with Crippen molar-refractivity contribution < 1.29 is 4.79 Å². The molecule has 0 unspecified atom stereocenters. The molecular weight excluding hydrogens is 316 g/mol. The number of anilines is 2. The van der Waals surface area contributed by atoms with E-state index in [4.69, 9.17) is 5.73 Å². The van der Waals surface area contributed by atoms with Gasteiger partial charge in [0.15, 0.2) is 5.82 Å². The van der Waals surface area contributed by atoms with Gasteiger partial charge < -0.3 is 16.0 Å². The lowest BCUT2D eigenvalue weighted by molar-refractivity contribution is 0.0719. The average Bonchev–Trinajstić information content (AvgIpc) is 2.63. The minimum Gasteiger partial charge on any atom is -0.396 e. The van der Waals surface area contributed by atoms with Crippen LogP contribution in [0.3, 0.4) is 0 Å². The Morgan fingerprint density at radius 3 is 2.68 bits per heavy atom. The predicted molar refractivity (Wildman–Crippen MR) is 97.0 cm³/mol. The zero-order chi connectivity index (χ0) is 17.3. The van der Waals surface area contributed by atoms with E-state index in [1.165, 1.54) is 0 Å². The number of amides is 2. The van der Waals surface area contributed by atoms with Gasteiger partial charge in [0.25, 0.3) is 0 Å². The highest BCUT2D eigenvalue weighted by Gasteiger charge is 2.40. The van der Waals surface area contributed by atoms with Gasteiger partial charge in [0.05, 0.1) is 11.4 Å². The Labute approximate surface area is 146 Å². The molecule has 2 fully saturated rings. The Bertz CT molecular complexity index is 764. The van der Waals surface area contributed by atoms with Gasteiger partial charge in [-0.3, -0.25) is 10.3 Å². The van der Waals surface area contributed by atoms with Crippen LogP contribution in [0.5, 0.6) is 0 Å². The summed E-state index contributed by atoms with van der Waals surface area (Å²) in [5, 5.41) is 6.20. The Hall–Kier alpha value is -2.67. The molecule has 7 nitrogen and oxygen atoms in total. The fourth-order valence-electron chi connectivity index (χ4n) is 3.44. The molecule has 4 heterocycles. The SMILES string of the molecule is Nc1ccc(-c2cccnc2)nc1NC(=O)N1CCC2(CC1)CNC2. The molecule has 2 aliphatic heterocycles. The summed E-state index contributed by atoms with van der Waals surface area (Å²) < 4.78 is 0. The largest absolute Gasteiger partial charge is 0.396 e. The molecule has 4 N–H and O–H groups in total. The number of aromatic nitrogens is 2. The van der Waals surface area contributed by atoms with Crippen LogP contribution < -0.4 is 16.4 Å². The van der Waals surface area contributed by atoms with E-state index in [9.17, 15) is 4.79 Å². The van der Waals surface area contributed by atoms with Crippen molar-refractivity contribution in [1.29, 1.82) is 0 Å². The lowest BCUT2D eigenvalue weighted by Crippen LogP contribution is -2.59. The van der Waals surface area contributed by atoms with Crippen LogP contribution in [0.1, 0.15) is 12.8 Å². The van der Waals surface area contributed by atoms with E-state index >= 15 is 0 Å². The van der Waals surface area contributed by atoms with Gasteiger partial charge in [-0.2, -0.15) is 0 Å². The number of urea groups is 1. The molecule has 0 saturated carbocycles. The van der Waals surface area contributed by atoms with E-state index in [0.717, 1.165) is 50.3 Å². The summed E-state index contributed by atoms with van der Waals surface area (Å²) in [7, 11) is 0. The highest BCUT2D eigenvalue weighted by Crippen LogP contribution is 2.35. The highest BCUT2D eigenvalue weighted by atomic mass is 16.2. The van der Waals surface area contributed by atoms with Crippen LogP contribution in [-0.2, 0) is 0 Å². The van der Waals surface area contributed by atoms with Gasteiger partial charge in [0, 0.05) is 44.1 Å². The van der Waals surface area contributed by atoms with Gasteiger partial charge in [0.1, 0.15) is 0 Å². The number of likely N-dealkylation sites (tertiary alicyclic amines) is 1. The molecule has 0 aromatic carbocycles. The Balaban J connectivity index is 1.46. The Morgan fingerprint density at radius 1 is 1.24 bits per heavy atom. The van der Waals surface area contributed by atoms with Crippen molar-refractivity contribution in [3.05, 3.63) is 36.7 Å². The van der Waals surface area contributed by atoms with Crippen LogP contribution >= 0.6 is 0 Å². The van der Waals surface area contributed by atoms with Crippen molar-refractivity contribution in [1.82, 2.24) is 20.2 Å². The summed E-state index contributed by atoms with van der Waals surface area (Å²) in [6.45, 7) is 3.69. The van der Waals surface area contributed by atoms with Crippen LogP contribution in [0, 0.1) is 5.41 Å². The van der Waals surface area contributed by atoms with Crippen molar-refractivity contribution in [3.8, 4) is 11.3 Å². The fourth-order valence-corrected chi connectivity index (χ4v) is 3.44. The molecule has 2 aliphatic rings. The molecule has 130 valence electrons. The monoisotopic (exact) mass is 338 g/mol. The molecule has 0 radical (unpaired) electrons. The zero-order valence-electron chi connectivity index (χ0n) is 14.0. The number of carbonyl (C=O) groups is 1. The topological polar surface area (TPSA) is 96.2 Å². The Morgan fingerprint density at radius 2 is 2.04 bits per heavy atom. The average molecular weight is 338 g/mol. The summed E-state index contributed by atoms with van der Waals surface area (Å²) in [6, 6.07) is 7.23. The number of nitrogens with two attached hydrogens (primary N) is 1. The standard InChI is InChI=1S/C18H22N6O/c19-14-3-4-15(13-2-1-7-20-10-13)22-16(14)23-17(25)24-8-5-18(6-9-24)11-21-12-18/h1-4,7,10,21H,5-6,8-9,11-12,19H2,(H,22,23,25). The van der Waals surface area contributed by atoms with E-state index < -0.39 is 0 Å². The number of carbonyl (C=O) groups excluding carboxylic acids is 1. The molecule has 1 spiro atoms. The molecule has 2 aromatic rings. The number of hydrogen-bond donors (Lipinski definition) is 3. The van der Waals surface area contributed by atoms with Crippen molar-refractivity contribution in [2.75, 3.05) is 37.2 Å². The van der Waals surface area contributed by atoms with Gasteiger partial charge in [-0.1, -0.05) is 0 Å². The molecule has 25 heavy (non-hydrogen) atoms. The second-order valence-electron chi connectivity index (χ2n) is 6.90. The van der Waals surface area contributed by atoms with Crippen molar-refractivity contribution in [2.45, 2.75) is 12.8 Å². The summed E-state index contributed by atoms with van der Waals surface area (Å²) in [5.74, 6) is 0.400. The lowest BCUT2D eigenvalue weighted by atomic mass is 9.73. The van der Waals surface area contributed by atoms with Crippen molar-refractivity contribution in [3.63, 3.8) is 0 Å². The third kappa shape index (κ3) is 3.15. The maximum Gasteiger partial charge on any atom is 0.323 e. The first kappa shape index (κ1) is 15.8. The van der Waals surface area contributed by atoms with Gasteiger partial charge in [-0.05, 0) is 42.5 Å². The number of rotatable bonds is 2. The van der Waals surface area contributed by atoms with Crippen molar-refractivity contribution >= 4 is 17.5 Å². The number of nitrogens with one attached hydrogen (secondary N) is 2. The highest BCUT2D eigenvalue weighted by molar-refractivity contribution is 5.91. The quantitative estimate of drug-likeness (QED) is 0.778. The van der Waals surface area contributed by atoms with E-state index in [2.05, 4.69) is 20.6 Å². The summed E-state index contributed by atoms with van der Waals surface area (Å²) in [4.78, 5) is 23.0. The van der Waals surface area contributed by atoms with Crippen LogP contribution in [-0.4, -0.2) is 47.1 Å². The normalized spacial score (nSPS) is 18.6. The second-order valence-corrected chi connectivity index (χ2v) is 6.90. The zero-order valence-corrected chi connectivity index (χ0v) is 14.0. The maximum atomic E-state index is 12.6. The first-order valence-electron chi connectivity index (χ1n) is 8.59. The minimum atomic E-state index is -0.135. The smallest absolute Gasteiger partial charge is 0.323 e. The lowest BCUT2D eigenvalue weighted by Gasteiger charge is -2.48. The molecule has 2 aromatic heterocycles. The molecule has 7 heteroatoms. The molecule has 2 amide bonds. The number of nitrogens with zero attached hydrogens (tertiary/aromatic N) is 3. The predicted octanol–water partition coefficient (Wildman–Crippen LogP) is 1.94. The number of piperidine rings is 1. The number of hydrogen-bond acceptors (Lipinski definition) is 5. The van der Waals surface area contributed by atoms with E-state index in [1.54, 1.807) is 18.5 Å². The number of pyridine rings is 2. The third-order valence-corrected chi connectivity index (χ3v) is 5.22. The maximum absolute atomic E-state index is 12.6. The Kier molecular flexibility index (Phi) is 4.01. The van der Waals surface area contributed by atoms with E-state index in [-0.39, 0.29) is 6.03 Å². The van der Waals surface area contributed by atoms with E-state index in [0.29, 0.717) is 16.9 Å². The summed E-state index contributed by atoms with van der Waals surface area (Å²) in [5.41, 5.74) is 8.48. The molecule has 0 atom stereocenters. The van der Waals surface area contributed by atoms with Gasteiger partial charge in [-0.25, -0.2) is 9.78 Å². The van der Waals surface area contributed by atoms with Gasteiger partial charge in [0.2, 0.25) is 0 Å². The first-order chi connectivity index (χ1) is 12.2. The minimum absolute atomic E-state index is 0.135. The first-order valence-corrected chi connectivity index (χ1v) is 8.59. The third-order valence-electron chi connectivity index (χ3n) is 5.22. The summed E-state index contributed by atoms with van der Waals surface area (Å²) >= 11 is 0. The molecular formula is C18H22N6O. The second kappa shape index (κ2) is 6.33. The molecule has 0 aliphatic carbocycles. The molecule has 0 bridgehead atoms. The van der Waals surface area contributed by atoms with Gasteiger partial charge in [-0.15, -0.1) is 0 Å². The van der Waals surface area contributed by atoms with Crippen molar-refractivity contribution in [2.24, 2.45) is 5.41 Å². The molecule has 2 saturated heterocycles. The van der Waals surface area contributed by atoms with E-state index in [1.807, 2.05) is 23.1 Å². The summed E-state index contributed by atoms with van der Waals surface area (Å²) in [6.07, 6.45) is 5.54. The van der Waals surface area contributed by atoms with Crippen LogP contribution in [0.2, 0.25) is 0 Å².